The van der Waals surface area contributed by atoms with E-state index in [1.165, 1.54) is 0 Å². The number of hydrogen-bond donors (Lipinski definition) is 1. The maximum absolute atomic E-state index is 4.89. The van der Waals surface area contributed by atoms with Crippen LogP contribution in [0.15, 0.2) is 12.7 Å². The van der Waals surface area contributed by atoms with E-state index < -0.39 is 0 Å². The third-order valence-corrected chi connectivity index (χ3v) is 1.11. The lowest BCUT2D eigenvalue weighted by atomic mass is 10.3. The van der Waals surface area contributed by atoms with Crippen LogP contribution in [0.25, 0.3) is 0 Å². The first kappa shape index (κ1) is 6.80. The van der Waals surface area contributed by atoms with Crippen molar-refractivity contribution in [2.45, 2.75) is 6.42 Å². The van der Waals surface area contributed by atoms with Gasteiger partial charge in [-0.3, -0.25) is 0 Å². The van der Waals surface area contributed by atoms with Crippen LogP contribution in [0.5, 0.6) is 5.88 Å². The van der Waals surface area contributed by atoms with E-state index in [0.717, 1.165) is 5.69 Å². The molecule has 1 rings (SSSR count). The molecule has 0 aromatic carbocycles. The molecular formula is C6H9N3O. The summed E-state index contributed by atoms with van der Waals surface area (Å²) in [6.07, 6.45) is 2.43. The van der Waals surface area contributed by atoms with Gasteiger partial charge in [0.1, 0.15) is 5.69 Å². The van der Waals surface area contributed by atoms with Gasteiger partial charge in [0.25, 0.3) is 5.88 Å². The highest BCUT2D eigenvalue weighted by Crippen LogP contribution is 2.09. The number of H-pyrrole nitrogens is 1. The normalized spacial score (nSPS) is 9.30. The molecule has 0 aliphatic carbocycles. The first-order valence-corrected chi connectivity index (χ1v) is 2.93. The Morgan fingerprint density at radius 2 is 2.50 bits per heavy atom. The summed E-state index contributed by atoms with van der Waals surface area (Å²) in [7, 11) is 1.56. The molecule has 0 unspecified atom stereocenters. The molecule has 1 aromatic heterocycles. The predicted molar refractivity (Wildman–Crippen MR) is 36.8 cm³/mol. The van der Waals surface area contributed by atoms with Gasteiger partial charge in [-0.15, -0.1) is 11.7 Å². The van der Waals surface area contributed by atoms with E-state index in [1.54, 1.807) is 13.2 Å². The second kappa shape index (κ2) is 3.00. The Morgan fingerprint density at radius 1 is 1.70 bits per heavy atom. The molecule has 0 fully saturated rings. The number of aromatic amines is 1. The van der Waals surface area contributed by atoms with Crippen LogP contribution in [0.4, 0.5) is 0 Å². The molecule has 1 N–H and O–H groups in total. The highest BCUT2D eigenvalue weighted by atomic mass is 16.5. The van der Waals surface area contributed by atoms with Crippen molar-refractivity contribution in [2.24, 2.45) is 0 Å². The van der Waals surface area contributed by atoms with E-state index >= 15 is 0 Å². The van der Waals surface area contributed by atoms with Crippen LogP contribution in [0.3, 0.4) is 0 Å². The first-order valence-electron chi connectivity index (χ1n) is 2.93. The number of aromatic nitrogens is 3. The van der Waals surface area contributed by atoms with Crippen molar-refractivity contribution in [2.75, 3.05) is 7.11 Å². The molecular weight excluding hydrogens is 130 g/mol. The van der Waals surface area contributed by atoms with Crippen LogP contribution in [-0.2, 0) is 6.42 Å². The summed E-state index contributed by atoms with van der Waals surface area (Å²) in [5.74, 6) is 0.542. The van der Waals surface area contributed by atoms with Crippen LogP contribution in [0.2, 0.25) is 0 Å². The minimum atomic E-state index is 0.542. The molecule has 0 amide bonds. The minimum Gasteiger partial charge on any atom is -0.479 e. The van der Waals surface area contributed by atoms with Crippen LogP contribution in [0, 0.1) is 0 Å². The summed E-state index contributed by atoms with van der Waals surface area (Å²) in [6, 6.07) is 0. The minimum absolute atomic E-state index is 0.542. The van der Waals surface area contributed by atoms with Crippen LogP contribution in [0.1, 0.15) is 5.69 Å². The predicted octanol–water partition coefficient (Wildman–Crippen LogP) is 0.542. The Balaban J connectivity index is 2.79. The smallest absolute Gasteiger partial charge is 0.256 e. The van der Waals surface area contributed by atoms with Gasteiger partial charge in [0, 0.05) is 6.42 Å². The zero-order valence-corrected chi connectivity index (χ0v) is 5.79. The molecule has 0 aliphatic rings. The van der Waals surface area contributed by atoms with Crippen molar-refractivity contribution in [3.8, 4) is 5.88 Å². The Bertz CT molecular complexity index is 219. The largest absolute Gasteiger partial charge is 0.479 e. The van der Waals surface area contributed by atoms with E-state index in [0.29, 0.717) is 12.3 Å². The Kier molecular flexibility index (Phi) is 2.04. The van der Waals surface area contributed by atoms with E-state index in [2.05, 4.69) is 22.0 Å². The number of ether oxygens (including phenoxy) is 1. The highest BCUT2D eigenvalue weighted by Gasteiger charge is 2.03. The molecule has 54 valence electrons. The van der Waals surface area contributed by atoms with Crippen LogP contribution < -0.4 is 4.74 Å². The number of allylic oxidation sites excluding steroid dienone is 1. The summed E-state index contributed by atoms with van der Waals surface area (Å²) < 4.78 is 4.89. The summed E-state index contributed by atoms with van der Waals surface area (Å²) in [6.45, 7) is 3.57. The molecule has 0 radical (unpaired) electrons. The summed E-state index contributed by atoms with van der Waals surface area (Å²) in [5, 5.41) is 10.1. The van der Waals surface area contributed by atoms with Crippen molar-refractivity contribution in [1.29, 1.82) is 0 Å². The molecule has 0 saturated heterocycles. The van der Waals surface area contributed by atoms with Gasteiger partial charge in [-0.05, 0) is 0 Å². The van der Waals surface area contributed by atoms with E-state index in [1.807, 2.05) is 0 Å². The number of nitrogens with one attached hydrogen (secondary N) is 1. The molecule has 4 heteroatoms. The second-order valence-corrected chi connectivity index (χ2v) is 1.77. The lowest BCUT2D eigenvalue weighted by Gasteiger charge is -1.92. The van der Waals surface area contributed by atoms with Gasteiger partial charge in [0.15, 0.2) is 0 Å². The fourth-order valence-electron chi connectivity index (χ4n) is 0.676. The van der Waals surface area contributed by atoms with E-state index in [4.69, 9.17) is 4.74 Å². The van der Waals surface area contributed by atoms with Crippen molar-refractivity contribution < 1.29 is 4.74 Å². The molecule has 0 atom stereocenters. The van der Waals surface area contributed by atoms with Crippen molar-refractivity contribution >= 4 is 0 Å². The van der Waals surface area contributed by atoms with Crippen LogP contribution in [-0.4, -0.2) is 22.5 Å². The monoisotopic (exact) mass is 139 g/mol. The number of methoxy groups -OCH3 is 1. The average Bonchev–Trinajstić information content (AvgIpc) is 2.36. The third kappa shape index (κ3) is 1.15. The Labute approximate surface area is 58.9 Å². The lowest BCUT2D eigenvalue weighted by molar-refractivity contribution is 0.393. The highest BCUT2D eigenvalue weighted by molar-refractivity contribution is 5.17. The maximum atomic E-state index is 4.89. The van der Waals surface area contributed by atoms with Gasteiger partial charge in [-0.2, -0.15) is 10.3 Å². The summed E-state index contributed by atoms with van der Waals surface area (Å²) in [5.41, 5.74) is 0.789. The SMILES string of the molecule is C=CCc1n[nH]nc1OC. The molecule has 4 nitrogen and oxygen atoms in total. The van der Waals surface area contributed by atoms with E-state index in [9.17, 15) is 0 Å². The Morgan fingerprint density at radius 3 is 3.10 bits per heavy atom. The maximum Gasteiger partial charge on any atom is 0.256 e. The molecule has 1 aromatic rings. The van der Waals surface area contributed by atoms with Gasteiger partial charge in [0.2, 0.25) is 0 Å². The van der Waals surface area contributed by atoms with Crippen molar-refractivity contribution in [1.82, 2.24) is 15.4 Å². The number of nitrogens with zero attached hydrogens (tertiary/aromatic N) is 2. The summed E-state index contributed by atoms with van der Waals surface area (Å²) >= 11 is 0. The van der Waals surface area contributed by atoms with Crippen molar-refractivity contribution in [3.05, 3.63) is 18.3 Å². The van der Waals surface area contributed by atoms with E-state index in [-0.39, 0.29) is 0 Å². The number of hydrogen-bond acceptors (Lipinski definition) is 3. The topological polar surface area (TPSA) is 50.8 Å². The Hall–Kier alpha value is -1.32. The summed E-state index contributed by atoms with van der Waals surface area (Å²) in [4.78, 5) is 0. The standard InChI is InChI=1S/C6H9N3O/c1-3-4-5-6(10-2)8-9-7-5/h3H,1,4H2,2H3,(H,7,8,9). The van der Waals surface area contributed by atoms with Gasteiger partial charge in [0.05, 0.1) is 7.11 Å². The third-order valence-electron chi connectivity index (χ3n) is 1.11. The zero-order valence-electron chi connectivity index (χ0n) is 5.79. The quantitative estimate of drug-likeness (QED) is 0.622. The molecule has 1 heterocycles. The average molecular weight is 139 g/mol. The first-order chi connectivity index (χ1) is 4.88. The molecule has 0 bridgehead atoms. The molecule has 10 heavy (non-hydrogen) atoms. The molecule has 0 spiro atoms. The van der Waals surface area contributed by atoms with Crippen molar-refractivity contribution in [3.63, 3.8) is 0 Å². The van der Waals surface area contributed by atoms with Gasteiger partial charge in [-0.1, -0.05) is 6.08 Å². The molecule has 0 saturated carbocycles. The number of rotatable bonds is 3. The fraction of sp³-hybridized carbons (Fsp3) is 0.333. The van der Waals surface area contributed by atoms with Gasteiger partial charge >= 0.3 is 0 Å². The lowest BCUT2D eigenvalue weighted by Crippen LogP contribution is -1.88. The van der Waals surface area contributed by atoms with Crippen LogP contribution >= 0.6 is 0 Å². The van der Waals surface area contributed by atoms with Gasteiger partial charge < -0.3 is 4.74 Å². The van der Waals surface area contributed by atoms with Gasteiger partial charge in [-0.25, -0.2) is 0 Å². The molecule has 0 aliphatic heterocycles. The zero-order chi connectivity index (χ0) is 7.40. The second-order valence-electron chi connectivity index (χ2n) is 1.77. The fourth-order valence-corrected chi connectivity index (χ4v) is 0.676.